The number of hydrogen-bond acceptors (Lipinski definition) is 4. The van der Waals surface area contributed by atoms with Gasteiger partial charge in [-0.05, 0) is 59.5 Å². The first-order valence-electron chi connectivity index (χ1n) is 17.9. The summed E-state index contributed by atoms with van der Waals surface area (Å²) in [5.74, 6) is 1.90. The molecule has 0 bridgehead atoms. The van der Waals surface area contributed by atoms with Crippen molar-refractivity contribution < 1.29 is 0 Å². The summed E-state index contributed by atoms with van der Waals surface area (Å²) in [7, 11) is 4.24. The van der Waals surface area contributed by atoms with Crippen LogP contribution in [0.3, 0.4) is 0 Å². The molecule has 0 unspecified atom stereocenters. The van der Waals surface area contributed by atoms with Crippen molar-refractivity contribution in [3.05, 3.63) is 175 Å². The van der Waals surface area contributed by atoms with Gasteiger partial charge in [-0.25, -0.2) is 15.0 Å². The summed E-state index contributed by atoms with van der Waals surface area (Å²) < 4.78 is 2.37. The maximum Gasteiger partial charge on any atom is 0.164 e. The fraction of sp³-hybridized carbons (Fsp3) is 0.0625. The van der Waals surface area contributed by atoms with Crippen LogP contribution in [0.5, 0.6) is 0 Å². The van der Waals surface area contributed by atoms with Crippen LogP contribution in [0.2, 0.25) is 0 Å². The average molecular weight is 684 g/mol. The van der Waals surface area contributed by atoms with E-state index < -0.39 is 0 Å². The van der Waals surface area contributed by atoms with Crippen LogP contribution in [0.1, 0.15) is 5.56 Å². The Morgan fingerprint density at radius 2 is 0.962 bits per heavy atom. The Morgan fingerprint density at radius 3 is 1.66 bits per heavy atom. The van der Waals surface area contributed by atoms with E-state index in [0.717, 1.165) is 39.0 Å². The van der Waals surface area contributed by atoms with E-state index in [1.54, 1.807) is 0 Å². The fourth-order valence-corrected chi connectivity index (χ4v) is 7.32. The number of para-hydroxylation sites is 1. The molecular weight excluding hydrogens is 647 g/mol. The first-order valence-corrected chi connectivity index (χ1v) is 17.9. The number of aromatic nitrogens is 4. The number of fused-ring (bicyclic) bond motifs is 3. The van der Waals surface area contributed by atoms with Crippen LogP contribution < -0.4 is 4.90 Å². The number of rotatable bonds is 7. The molecule has 9 rings (SSSR count). The zero-order valence-corrected chi connectivity index (χ0v) is 29.9. The molecule has 0 aliphatic heterocycles. The maximum absolute atomic E-state index is 5.10. The Labute approximate surface area is 309 Å². The van der Waals surface area contributed by atoms with Crippen LogP contribution in [-0.4, -0.2) is 33.6 Å². The van der Waals surface area contributed by atoms with Crippen molar-refractivity contribution in [2.75, 3.05) is 19.0 Å². The number of benzene rings is 7. The Hall–Kier alpha value is -6.85. The van der Waals surface area contributed by atoms with Gasteiger partial charge in [0, 0.05) is 58.5 Å². The van der Waals surface area contributed by atoms with Gasteiger partial charge in [0.2, 0.25) is 0 Å². The minimum Gasteiger partial charge on any atom is -0.377 e. The van der Waals surface area contributed by atoms with Gasteiger partial charge in [-0.15, -0.1) is 0 Å². The van der Waals surface area contributed by atoms with Crippen LogP contribution in [0.4, 0.5) is 5.69 Å². The zero-order chi connectivity index (χ0) is 35.9. The van der Waals surface area contributed by atoms with Gasteiger partial charge in [0.1, 0.15) is 0 Å². The third-order valence-electron chi connectivity index (χ3n) is 9.99. The van der Waals surface area contributed by atoms with Crippen molar-refractivity contribution >= 4 is 27.5 Å². The first kappa shape index (κ1) is 32.1. The van der Waals surface area contributed by atoms with Crippen molar-refractivity contribution in [3.63, 3.8) is 0 Å². The fourth-order valence-electron chi connectivity index (χ4n) is 7.32. The third kappa shape index (κ3) is 5.92. The molecule has 0 N–H and O–H groups in total. The predicted octanol–water partition coefficient (Wildman–Crippen LogP) is 11.7. The van der Waals surface area contributed by atoms with Gasteiger partial charge in [0.25, 0.3) is 0 Å². The second-order valence-electron chi connectivity index (χ2n) is 13.6. The lowest BCUT2D eigenvalue weighted by Crippen LogP contribution is -2.10. The quantitative estimate of drug-likeness (QED) is 0.168. The van der Waals surface area contributed by atoms with Gasteiger partial charge in [0.05, 0.1) is 11.0 Å². The van der Waals surface area contributed by atoms with E-state index in [1.807, 2.05) is 36.4 Å². The van der Waals surface area contributed by atoms with Crippen LogP contribution in [0.15, 0.2) is 170 Å². The monoisotopic (exact) mass is 683 g/mol. The molecule has 0 saturated heterocycles. The highest BCUT2D eigenvalue weighted by atomic mass is 15.1. The molecule has 5 nitrogen and oxygen atoms in total. The summed E-state index contributed by atoms with van der Waals surface area (Å²) in [4.78, 5) is 17.4. The Morgan fingerprint density at radius 1 is 0.415 bits per heavy atom. The molecule has 2 aromatic heterocycles. The predicted molar refractivity (Wildman–Crippen MR) is 220 cm³/mol. The molecular formula is C48H37N5. The Kier molecular flexibility index (Phi) is 8.09. The van der Waals surface area contributed by atoms with Gasteiger partial charge in [-0.3, -0.25) is 0 Å². The maximum atomic E-state index is 5.10. The number of hydrogen-bond donors (Lipinski definition) is 0. The van der Waals surface area contributed by atoms with E-state index in [2.05, 4.69) is 164 Å². The average Bonchev–Trinajstić information content (AvgIpc) is 3.54. The van der Waals surface area contributed by atoms with E-state index in [4.69, 9.17) is 15.0 Å². The molecule has 0 fully saturated rings. The summed E-state index contributed by atoms with van der Waals surface area (Å²) >= 11 is 0. The Balaban J connectivity index is 1.21. The zero-order valence-electron chi connectivity index (χ0n) is 29.9. The van der Waals surface area contributed by atoms with E-state index in [-0.39, 0.29) is 0 Å². The van der Waals surface area contributed by atoms with E-state index in [9.17, 15) is 0 Å². The van der Waals surface area contributed by atoms with Gasteiger partial charge >= 0.3 is 0 Å². The summed E-state index contributed by atoms with van der Waals surface area (Å²) in [6, 6.07) is 59.5. The first-order chi connectivity index (χ1) is 26.0. The highest BCUT2D eigenvalue weighted by molar-refractivity contribution is 6.12. The van der Waals surface area contributed by atoms with Crippen molar-refractivity contribution in [2.24, 2.45) is 0 Å². The van der Waals surface area contributed by atoms with Crippen LogP contribution in [0.25, 0.3) is 83.9 Å². The summed E-state index contributed by atoms with van der Waals surface area (Å²) in [5.41, 5.74) is 13.3. The lowest BCUT2D eigenvalue weighted by molar-refractivity contribution is 1.07. The summed E-state index contributed by atoms with van der Waals surface area (Å²) in [5, 5.41) is 2.42. The van der Waals surface area contributed by atoms with Crippen molar-refractivity contribution in [2.45, 2.75) is 6.92 Å². The number of nitrogens with zero attached hydrogens (tertiary/aromatic N) is 5. The molecule has 5 heteroatoms. The van der Waals surface area contributed by atoms with Crippen LogP contribution in [0, 0.1) is 6.92 Å². The van der Waals surface area contributed by atoms with Gasteiger partial charge in [0.15, 0.2) is 17.5 Å². The normalized spacial score (nSPS) is 11.3. The number of aryl methyl sites for hydroxylation is 1. The largest absolute Gasteiger partial charge is 0.377 e. The molecule has 0 atom stereocenters. The van der Waals surface area contributed by atoms with Gasteiger partial charge in [-0.2, -0.15) is 0 Å². The molecule has 7 aromatic carbocycles. The third-order valence-corrected chi connectivity index (χ3v) is 9.99. The topological polar surface area (TPSA) is 46.8 Å². The molecule has 53 heavy (non-hydrogen) atoms. The van der Waals surface area contributed by atoms with Crippen molar-refractivity contribution in [3.8, 4) is 62.1 Å². The second kappa shape index (κ2) is 13.4. The van der Waals surface area contributed by atoms with Crippen molar-refractivity contribution in [1.29, 1.82) is 0 Å². The molecule has 0 radical (unpaired) electrons. The van der Waals surface area contributed by atoms with Gasteiger partial charge in [-0.1, -0.05) is 140 Å². The molecule has 0 saturated carbocycles. The highest BCUT2D eigenvalue weighted by Gasteiger charge is 2.19. The molecule has 0 aliphatic rings. The standard InChI is InChI=1S/C48H37N5/c1-32-15-10-11-22-39(32)41-30-42-40-23-12-13-24-43(40)53(45(42)31-44(41)52(2)3)38-21-14-20-37(29-38)48-50-46(35-18-8-5-9-19-35)49-47(51-48)36-27-25-34(26-28-36)33-16-6-4-7-17-33/h4-31H,1-3H3. The minimum absolute atomic E-state index is 0.624. The molecule has 9 aromatic rings. The van der Waals surface area contributed by atoms with E-state index >= 15 is 0 Å². The molecule has 0 aliphatic carbocycles. The molecule has 0 spiro atoms. The van der Waals surface area contributed by atoms with Crippen LogP contribution in [-0.2, 0) is 0 Å². The summed E-state index contributed by atoms with van der Waals surface area (Å²) in [6.07, 6.45) is 0. The molecule has 0 amide bonds. The Bertz CT molecular complexity index is 2750. The molecule has 2 heterocycles. The summed E-state index contributed by atoms with van der Waals surface area (Å²) in [6.45, 7) is 2.18. The minimum atomic E-state index is 0.624. The van der Waals surface area contributed by atoms with E-state index in [1.165, 1.54) is 38.7 Å². The smallest absolute Gasteiger partial charge is 0.164 e. The molecule has 254 valence electrons. The SMILES string of the molecule is Cc1ccccc1-c1cc2c3ccccc3n(-c3cccc(-c4nc(-c5ccccc5)nc(-c5ccc(-c6ccccc6)cc5)n4)c3)c2cc1N(C)C. The lowest BCUT2D eigenvalue weighted by atomic mass is 9.96. The van der Waals surface area contributed by atoms with Gasteiger partial charge < -0.3 is 9.47 Å². The number of anilines is 1. The highest BCUT2D eigenvalue weighted by Crippen LogP contribution is 2.41. The van der Waals surface area contributed by atoms with E-state index in [0.29, 0.717) is 17.5 Å². The lowest BCUT2D eigenvalue weighted by Gasteiger charge is -2.20. The van der Waals surface area contributed by atoms with Crippen molar-refractivity contribution in [1.82, 2.24) is 19.5 Å². The second-order valence-corrected chi connectivity index (χ2v) is 13.6. The van der Waals surface area contributed by atoms with Crippen LogP contribution >= 0.6 is 0 Å².